The molecule has 1 fully saturated rings. The molecule has 3 rings (SSSR count). The van der Waals surface area contributed by atoms with Gasteiger partial charge in [-0.1, -0.05) is 36.4 Å². The van der Waals surface area contributed by atoms with Gasteiger partial charge in [-0.05, 0) is 54.4 Å². The van der Waals surface area contributed by atoms with Gasteiger partial charge in [0, 0.05) is 11.7 Å². The molecule has 0 amide bonds. The number of rotatable bonds is 6. The van der Waals surface area contributed by atoms with E-state index < -0.39 is 30.0 Å². The molecular formula is C18H16N2Na2O6S3. The summed E-state index contributed by atoms with van der Waals surface area (Å²) >= 11 is 5.14. The first-order chi connectivity index (χ1) is 13.5. The van der Waals surface area contributed by atoms with Crippen LogP contribution in [0, 0.1) is 0 Å². The second kappa shape index (κ2) is 11.7. The van der Waals surface area contributed by atoms with Crippen molar-refractivity contribution in [1.82, 2.24) is 5.32 Å². The van der Waals surface area contributed by atoms with E-state index in [1.807, 2.05) is 0 Å². The van der Waals surface area contributed by atoms with Crippen LogP contribution in [-0.2, 0) is 20.2 Å². The number of benzene rings is 2. The minimum absolute atomic E-state index is 0. The fourth-order valence-electron chi connectivity index (χ4n) is 2.57. The van der Waals surface area contributed by atoms with Crippen molar-refractivity contribution in [3.63, 3.8) is 0 Å². The SMILES string of the molecule is O=S(=O)([O-])c1ccccc1/C=C/c1ccc(NC(=S)NC2CC2)cc1S(=O)(=O)[O-].[Na+].[Na+]. The molecule has 2 aromatic rings. The molecule has 31 heavy (non-hydrogen) atoms. The predicted molar refractivity (Wildman–Crippen MR) is 110 cm³/mol. The summed E-state index contributed by atoms with van der Waals surface area (Å²) in [5.74, 6) is 0. The van der Waals surface area contributed by atoms with Crippen LogP contribution in [0.3, 0.4) is 0 Å². The fourth-order valence-corrected chi connectivity index (χ4v) is 4.22. The zero-order valence-electron chi connectivity index (χ0n) is 16.9. The van der Waals surface area contributed by atoms with E-state index >= 15 is 0 Å². The summed E-state index contributed by atoms with van der Waals surface area (Å²) in [4.78, 5) is -0.951. The molecule has 13 heteroatoms. The van der Waals surface area contributed by atoms with Gasteiger partial charge in [0.15, 0.2) is 5.11 Å². The third kappa shape index (κ3) is 8.52. The molecule has 0 atom stereocenters. The minimum atomic E-state index is -4.83. The van der Waals surface area contributed by atoms with E-state index in [1.165, 1.54) is 42.5 Å². The Kier molecular flexibility index (Phi) is 10.8. The molecule has 0 unspecified atom stereocenters. The van der Waals surface area contributed by atoms with Crippen molar-refractivity contribution in [3.8, 4) is 0 Å². The second-order valence-corrected chi connectivity index (χ2v) is 9.51. The molecule has 0 aliphatic heterocycles. The Hall–Kier alpha value is -0.310. The molecule has 1 saturated carbocycles. The van der Waals surface area contributed by atoms with Crippen molar-refractivity contribution >= 4 is 55.4 Å². The summed E-state index contributed by atoms with van der Waals surface area (Å²) < 4.78 is 69.2. The maximum atomic E-state index is 11.7. The van der Waals surface area contributed by atoms with Gasteiger partial charge in [0.2, 0.25) is 0 Å². The molecule has 154 valence electrons. The molecule has 0 aromatic heterocycles. The first-order valence-electron chi connectivity index (χ1n) is 8.44. The predicted octanol–water partition coefficient (Wildman–Crippen LogP) is -3.88. The number of anilines is 1. The fraction of sp³-hybridized carbons (Fsp3) is 0.167. The van der Waals surface area contributed by atoms with Gasteiger partial charge in [-0.25, -0.2) is 16.8 Å². The standard InChI is InChI=1S/C18H18N2O6S3.2Na/c21-28(22,23)16-4-2-1-3-12(16)5-6-13-7-8-15(11-17(13)29(24,25)26)20-18(27)19-14-9-10-14;;/h1-8,11,14H,9-10H2,(H2,19,20,27)(H,21,22,23)(H,24,25,26);;/q;2*+1/p-2/b6-5+;;. The van der Waals surface area contributed by atoms with Gasteiger partial charge in [0.05, 0.1) is 9.79 Å². The van der Waals surface area contributed by atoms with Gasteiger partial charge in [-0.15, -0.1) is 0 Å². The van der Waals surface area contributed by atoms with Crippen LogP contribution >= 0.6 is 12.2 Å². The first kappa shape index (κ1) is 28.7. The van der Waals surface area contributed by atoms with Crippen LogP contribution in [0.15, 0.2) is 52.3 Å². The number of thiocarbonyl (C=S) groups is 1. The maximum absolute atomic E-state index is 11.7. The van der Waals surface area contributed by atoms with Crippen LogP contribution in [0.2, 0.25) is 0 Å². The Morgan fingerprint density at radius 2 is 1.45 bits per heavy atom. The topological polar surface area (TPSA) is 138 Å². The Morgan fingerprint density at radius 1 is 0.903 bits per heavy atom. The Labute approximate surface area is 231 Å². The number of nitrogens with one attached hydrogen (secondary N) is 2. The molecule has 8 nitrogen and oxygen atoms in total. The number of hydrogen-bond donors (Lipinski definition) is 2. The summed E-state index contributed by atoms with van der Waals surface area (Å²) in [6.07, 6.45) is 4.54. The van der Waals surface area contributed by atoms with Crippen LogP contribution in [0.4, 0.5) is 5.69 Å². The molecular weight excluding hydrogens is 482 g/mol. The van der Waals surface area contributed by atoms with Crippen molar-refractivity contribution in [2.75, 3.05) is 5.32 Å². The van der Waals surface area contributed by atoms with E-state index in [2.05, 4.69) is 10.6 Å². The van der Waals surface area contributed by atoms with Crippen molar-refractivity contribution in [2.24, 2.45) is 0 Å². The first-order valence-corrected chi connectivity index (χ1v) is 11.7. The van der Waals surface area contributed by atoms with Crippen LogP contribution in [0.25, 0.3) is 12.2 Å². The molecule has 1 aliphatic rings. The molecule has 2 aromatic carbocycles. The molecule has 0 spiro atoms. The Morgan fingerprint density at radius 3 is 2.00 bits per heavy atom. The van der Waals surface area contributed by atoms with Gasteiger partial charge in [0.25, 0.3) is 0 Å². The van der Waals surface area contributed by atoms with E-state index in [1.54, 1.807) is 0 Å². The van der Waals surface area contributed by atoms with E-state index in [0.717, 1.165) is 25.0 Å². The van der Waals surface area contributed by atoms with Crippen molar-refractivity contribution in [1.29, 1.82) is 0 Å². The summed E-state index contributed by atoms with van der Waals surface area (Å²) in [7, 11) is -9.54. The minimum Gasteiger partial charge on any atom is -0.744 e. The van der Waals surface area contributed by atoms with Gasteiger partial charge in [-0.2, -0.15) is 0 Å². The van der Waals surface area contributed by atoms with Crippen LogP contribution in [0.5, 0.6) is 0 Å². The normalized spacial score (nSPS) is 13.7. The molecule has 2 N–H and O–H groups in total. The van der Waals surface area contributed by atoms with E-state index in [-0.39, 0.29) is 70.2 Å². The molecule has 0 radical (unpaired) electrons. The average molecular weight is 499 g/mol. The van der Waals surface area contributed by atoms with Gasteiger partial charge in [-0.3, -0.25) is 0 Å². The van der Waals surface area contributed by atoms with Crippen molar-refractivity contribution in [3.05, 3.63) is 53.6 Å². The summed E-state index contributed by atoms with van der Waals surface area (Å²) in [5.41, 5.74) is 0.441. The second-order valence-electron chi connectivity index (χ2n) is 6.40. The van der Waals surface area contributed by atoms with Crippen LogP contribution in [0.1, 0.15) is 24.0 Å². The van der Waals surface area contributed by atoms with E-state index in [4.69, 9.17) is 12.2 Å². The summed E-state index contributed by atoms with van der Waals surface area (Å²) in [6.45, 7) is 0. The monoisotopic (exact) mass is 498 g/mol. The van der Waals surface area contributed by atoms with Gasteiger partial charge < -0.3 is 19.7 Å². The molecule has 0 saturated heterocycles. The van der Waals surface area contributed by atoms with Crippen LogP contribution < -0.4 is 69.7 Å². The zero-order chi connectivity index (χ0) is 21.2. The zero-order valence-corrected chi connectivity index (χ0v) is 23.3. The van der Waals surface area contributed by atoms with E-state index in [9.17, 15) is 25.9 Å². The third-order valence-electron chi connectivity index (χ3n) is 4.08. The smallest absolute Gasteiger partial charge is 0.744 e. The third-order valence-corrected chi connectivity index (χ3v) is 6.11. The van der Waals surface area contributed by atoms with Crippen molar-refractivity contribution < 1.29 is 85.1 Å². The van der Waals surface area contributed by atoms with Gasteiger partial charge >= 0.3 is 59.1 Å². The molecule has 1 aliphatic carbocycles. The number of hydrogen-bond acceptors (Lipinski definition) is 7. The quantitative estimate of drug-likeness (QED) is 0.177. The summed E-state index contributed by atoms with van der Waals surface area (Å²) in [5, 5.41) is 6.18. The molecule has 0 heterocycles. The Bertz CT molecular complexity index is 1200. The summed E-state index contributed by atoms with van der Waals surface area (Å²) in [6, 6.07) is 9.84. The average Bonchev–Trinajstić information content (AvgIpc) is 3.43. The maximum Gasteiger partial charge on any atom is 1.00 e. The van der Waals surface area contributed by atoms with Crippen LogP contribution in [-0.4, -0.2) is 37.1 Å². The van der Waals surface area contributed by atoms with E-state index in [0.29, 0.717) is 16.8 Å². The largest absolute Gasteiger partial charge is 1.00 e. The molecule has 0 bridgehead atoms. The Balaban J connectivity index is 0.00000240. The van der Waals surface area contributed by atoms with Crippen molar-refractivity contribution in [2.45, 2.75) is 28.7 Å². The van der Waals surface area contributed by atoms with Gasteiger partial charge in [0.1, 0.15) is 20.2 Å².